The van der Waals surface area contributed by atoms with Gasteiger partial charge >= 0.3 is 0 Å². The normalized spacial score (nSPS) is 15.0. The molecule has 0 aliphatic carbocycles. The van der Waals surface area contributed by atoms with Crippen molar-refractivity contribution in [2.24, 2.45) is 0 Å². The number of carbonyl (C=O) groups is 1. The molecule has 7 nitrogen and oxygen atoms in total. The van der Waals surface area contributed by atoms with Gasteiger partial charge in [0.1, 0.15) is 0 Å². The van der Waals surface area contributed by atoms with Crippen molar-refractivity contribution in [3.8, 4) is 0 Å². The number of rotatable bonds is 6. The first-order valence-corrected chi connectivity index (χ1v) is 10.5. The van der Waals surface area contributed by atoms with Gasteiger partial charge in [0.05, 0.1) is 0 Å². The number of nitrogens with zero attached hydrogens (tertiary/aromatic N) is 5. The zero-order valence-corrected chi connectivity index (χ0v) is 16.9. The van der Waals surface area contributed by atoms with Crippen molar-refractivity contribution in [1.29, 1.82) is 0 Å². The lowest BCUT2D eigenvalue weighted by Gasteiger charge is -2.32. The maximum absolute atomic E-state index is 12.4. The third kappa shape index (κ3) is 5.15. The Kier molecular flexibility index (Phi) is 6.60. The highest BCUT2D eigenvalue weighted by molar-refractivity contribution is 7.98. The lowest BCUT2D eigenvalue weighted by molar-refractivity contribution is -0.121. The van der Waals surface area contributed by atoms with Gasteiger partial charge in [0.25, 0.3) is 0 Å². The summed E-state index contributed by atoms with van der Waals surface area (Å²) < 4.78 is 0. The Hall–Kier alpha value is -2.22. The number of anilines is 1. The molecule has 2 aromatic rings. The van der Waals surface area contributed by atoms with Crippen LogP contribution in [0.5, 0.6) is 0 Å². The van der Waals surface area contributed by atoms with Gasteiger partial charge in [-0.15, -0.1) is 0 Å². The molecule has 8 heteroatoms. The second kappa shape index (κ2) is 9.12. The molecule has 1 aliphatic rings. The number of nitrogens with one attached hydrogen (secondary N) is 1. The van der Waals surface area contributed by atoms with E-state index >= 15 is 0 Å². The fourth-order valence-electron chi connectivity index (χ4n) is 3.38. The standard InChI is InChI=1S/C19H26N6OS/c1-13-16(14(2)23-19(22-13)27-3)5-6-17(26)24-15-7-11-25(12-8-15)18-20-9-4-10-21-18/h4,9-10,15H,5-8,11-12H2,1-3H3,(H,24,26). The zero-order chi connectivity index (χ0) is 19.2. The molecule has 0 atom stereocenters. The molecule has 0 radical (unpaired) electrons. The first-order valence-electron chi connectivity index (χ1n) is 9.26. The molecule has 0 bridgehead atoms. The van der Waals surface area contributed by atoms with E-state index < -0.39 is 0 Å². The average molecular weight is 387 g/mol. The molecular formula is C19H26N6OS. The molecular weight excluding hydrogens is 360 g/mol. The highest BCUT2D eigenvalue weighted by Gasteiger charge is 2.22. The van der Waals surface area contributed by atoms with Crippen molar-refractivity contribution in [3.63, 3.8) is 0 Å². The van der Waals surface area contributed by atoms with E-state index in [2.05, 4.69) is 30.2 Å². The Morgan fingerprint density at radius 3 is 2.41 bits per heavy atom. The molecule has 3 rings (SSSR count). The SMILES string of the molecule is CSc1nc(C)c(CCC(=O)NC2CCN(c3ncccn3)CC2)c(C)n1. The van der Waals surface area contributed by atoms with E-state index in [4.69, 9.17) is 0 Å². The summed E-state index contributed by atoms with van der Waals surface area (Å²) in [7, 11) is 0. The van der Waals surface area contributed by atoms with Gasteiger partial charge in [-0.25, -0.2) is 19.9 Å². The van der Waals surface area contributed by atoms with E-state index in [-0.39, 0.29) is 11.9 Å². The Labute approximate surface area is 164 Å². The summed E-state index contributed by atoms with van der Waals surface area (Å²) in [5.74, 6) is 0.860. The molecule has 0 aromatic carbocycles. The number of aryl methyl sites for hydroxylation is 2. The van der Waals surface area contributed by atoms with Crippen LogP contribution in [-0.4, -0.2) is 51.2 Å². The summed E-state index contributed by atoms with van der Waals surface area (Å²) >= 11 is 1.54. The number of aromatic nitrogens is 4. The summed E-state index contributed by atoms with van der Waals surface area (Å²) in [6, 6.07) is 2.04. The molecule has 2 aromatic heterocycles. The van der Waals surface area contributed by atoms with E-state index in [9.17, 15) is 4.79 Å². The van der Waals surface area contributed by atoms with E-state index in [1.807, 2.05) is 26.2 Å². The number of hydrogen-bond acceptors (Lipinski definition) is 7. The monoisotopic (exact) mass is 386 g/mol. The maximum Gasteiger partial charge on any atom is 0.225 e. The van der Waals surface area contributed by atoms with Crippen LogP contribution in [0.4, 0.5) is 5.95 Å². The third-order valence-electron chi connectivity index (χ3n) is 4.88. The molecule has 1 aliphatic heterocycles. The topological polar surface area (TPSA) is 83.9 Å². The molecule has 144 valence electrons. The van der Waals surface area contributed by atoms with Crippen LogP contribution in [0.25, 0.3) is 0 Å². The van der Waals surface area contributed by atoms with Crippen LogP contribution >= 0.6 is 11.8 Å². The second-order valence-corrected chi connectivity index (χ2v) is 7.51. The van der Waals surface area contributed by atoms with Crippen LogP contribution in [0.3, 0.4) is 0 Å². The molecule has 1 saturated heterocycles. The van der Waals surface area contributed by atoms with Crippen molar-refractivity contribution < 1.29 is 4.79 Å². The predicted octanol–water partition coefficient (Wildman–Crippen LogP) is 2.32. The Bertz CT molecular complexity index is 754. The summed E-state index contributed by atoms with van der Waals surface area (Å²) in [6.07, 6.45) is 8.45. The maximum atomic E-state index is 12.4. The fourth-order valence-corrected chi connectivity index (χ4v) is 3.83. The summed E-state index contributed by atoms with van der Waals surface area (Å²) in [5.41, 5.74) is 3.02. The van der Waals surface area contributed by atoms with Gasteiger partial charge in [0.2, 0.25) is 11.9 Å². The summed E-state index contributed by atoms with van der Waals surface area (Å²) in [5, 5.41) is 3.96. The molecule has 1 fully saturated rings. The first kappa shape index (κ1) is 19.5. The highest BCUT2D eigenvalue weighted by Crippen LogP contribution is 2.18. The molecule has 1 amide bonds. The minimum atomic E-state index is 0.0946. The van der Waals surface area contributed by atoms with Gasteiger partial charge in [-0.05, 0) is 51.0 Å². The van der Waals surface area contributed by atoms with E-state index in [1.54, 1.807) is 12.4 Å². The fraction of sp³-hybridized carbons (Fsp3) is 0.526. The van der Waals surface area contributed by atoms with Crippen molar-refractivity contribution >= 4 is 23.6 Å². The van der Waals surface area contributed by atoms with Gasteiger partial charge in [-0.1, -0.05) is 11.8 Å². The molecule has 3 heterocycles. The quantitative estimate of drug-likeness (QED) is 0.602. The number of piperidine rings is 1. The Morgan fingerprint density at radius 1 is 1.19 bits per heavy atom. The number of carbonyl (C=O) groups excluding carboxylic acids is 1. The minimum absolute atomic E-state index is 0.0946. The van der Waals surface area contributed by atoms with Gasteiger partial charge < -0.3 is 10.2 Å². The first-order chi connectivity index (χ1) is 13.1. The number of thioether (sulfide) groups is 1. The van der Waals surface area contributed by atoms with Crippen molar-refractivity contribution in [3.05, 3.63) is 35.4 Å². The molecule has 1 N–H and O–H groups in total. The Balaban J connectivity index is 1.47. The largest absolute Gasteiger partial charge is 0.353 e. The van der Waals surface area contributed by atoms with Gasteiger partial charge in [0, 0.05) is 49.3 Å². The van der Waals surface area contributed by atoms with Crippen LogP contribution in [0.1, 0.15) is 36.2 Å². The summed E-state index contributed by atoms with van der Waals surface area (Å²) in [6.45, 7) is 5.69. The second-order valence-electron chi connectivity index (χ2n) is 6.74. The molecule has 27 heavy (non-hydrogen) atoms. The van der Waals surface area contributed by atoms with Gasteiger partial charge in [-0.2, -0.15) is 0 Å². The molecule has 0 saturated carbocycles. The molecule has 0 spiro atoms. The molecule has 0 unspecified atom stereocenters. The minimum Gasteiger partial charge on any atom is -0.353 e. The zero-order valence-electron chi connectivity index (χ0n) is 16.1. The highest BCUT2D eigenvalue weighted by atomic mass is 32.2. The van der Waals surface area contributed by atoms with Crippen molar-refractivity contribution in [1.82, 2.24) is 25.3 Å². The average Bonchev–Trinajstić information content (AvgIpc) is 2.68. The van der Waals surface area contributed by atoms with Crippen LogP contribution in [0.2, 0.25) is 0 Å². The summed E-state index contributed by atoms with van der Waals surface area (Å²) in [4.78, 5) is 32.1. The number of hydrogen-bond donors (Lipinski definition) is 1. The number of amides is 1. The smallest absolute Gasteiger partial charge is 0.225 e. The predicted molar refractivity (Wildman–Crippen MR) is 107 cm³/mol. The van der Waals surface area contributed by atoms with Gasteiger partial charge in [-0.3, -0.25) is 4.79 Å². The van der Waals surface area contributed by atoms with Crippen molar-refractivity contribution in [2.75, 3.05) is 24.2 Å². The van der Waals surface area contributed by atoms with E-state index in [1.165, 1.54) is 11.8 Å². The van der Waals surface area contributed by atoms with Gasteiger partial charge in [0.15, 0.2) is 5.16 Å². The van der Waals surface area contributed by atoms with E-state index in [0.717, 1.165) is 54.0 Å². The van der Waals surface area contributed by atoms with Crippen LogP contribution in [0, 0.1) is 13.8 Å². The van der Waals surface area contributed by atoms with Crippen LogP contribution in [0.15, 0.2) is 23.6 Å². The van der Waals surface area contributed by atoms with Crippen molar-refractivity contribution in [2.45, 2.75) is 50.7 Å². The lowest BCUT2D eigenvalue weighted by Crippen LogP contribution is -2.45. The third-order valence-corrected chi connectivity index (χ3v) is 5.43. The van der Waals surface area contributed by atoms with E-state index in [0.29, 0.717) is 12.8 Å². The van der Waals surface area contributed by atoms with Crippen LogP contribution in [-0.2, 0) is 11.2 Å². The van der Waals surface area contributed by atoms with Crippen LogP contribution < -0.4 is 10.2 Å². The Morgan fingerprint density at radius 2 is 1.81 bits per heavy atom. The lowest BCUT2D eigenvalue weighted by atomic mass is 10.0.